The van der Waals surface area contributed by atoms with Gasteiger partial charge in [0.1, 0.15) is 6.61 Å². The molecule has 1 N–H and O–H groups in total. The van der Waals surface area contributed by atoms with Crippen molar-refractivity contribution in [1.82, 2.24) is 0 Å². The summed E-state index contributed by atoms with van der Waals surface area (Å²) < 4.78 is 32.9. The van der Waals surface area contributed by atoms with Gasteiger partial charge in [0, 0.05) is 0 Å². The van der Waals surface area contributed by atoms with Crippen LogP contribution in [0.25, 0.3) is 0 Å². The molecule has 0 bridgehead atoms. The van der Waals surface area contributed by atoms with Gasteiger partial charge < -0.3 is 9.84 Å². The minimum absolute atomic E-state index is 0.101. The van der Waals surface area contributed by atoms with Crippen LogP contribution >= 0.6 is 0 Å². The van der Waals surface area contributed by atoms with Gasteiger partial charge in [-0.3, -0.25) is 0 Å². The third kappa shape index (κ3) is 3.39. The average molecular weight is 292 g/mol. The van der Waals surface area contributed by atoms with E-state index in [2.05, 4.69) is 0 Å². The highest BCUT2D eigenvalue weighted by Crippen LogP contribution is 2.26. The van der Waals surface area contributed by atoms with Crippen LogP contribution in [0.15, 0.2) is 24.3 Å². The summed E-state index contributed by atoms with van der Waals surface area (Å²) >= 11 is 0. The van der Waals surface area contributed by atoms with Gasteiger partial charge in [-0.25, -0.2) is 8.78 Å². The van der Waals surface area contributed by atoms with Crippen LogP contribution in [0.4, 0.5) is 8.78 Å². The van der Waals surface area contributed by atoms with E-state index < -0.39 is 24.0 Å². The second kappa shape index (κ2) is 6.22. The van der Waals surface area contributed by atoms with Gasteiger partial charge in [-0.2, -0.15) is 0 Å². The van der Waals surface area contributed by atoms with E-state index in [0.717, 1.165) is 34.4 Å². The first-order chi connectivity index (χ1) is 9.92. The molecular weight excluding hydrogens is 274 g/mol. The number of aryl methyl sites for hydroxylation is 3. The molecular formula is C17H18F2O2. The molecule has 21 heavy (non-hydrogen) atoms. The Bertz CT molecular complexity index is 620. The lowest BCUT2D eigenvalue weighted by Gasteiger charge is -2.14. The SMILES string of the molecule is Cc1cc(C)c(COc2c(F)cc(CO)cc2F)c(C)c1. The van der Waals surface area contributed by atoms with E-state index in [9.17, 15) is 8.78 Å². The number of ether oxygens (including phenoxy) is 1. The smallest absolute Gasteiger partial charge is 0.191 e. The van der Waals surface area contributed by atoms with E-state index in [1.807, 2.05) is 32.9 Å². The Morgan fingerprint density at radius 3 is 1.95 bits per heavy atom. The molecule has 0 saturated carbocycles. The molecule has 0 aliphatic rings. The standard InChI is InChI=1S/C17H18F2O2/c1-10-4-11(2)14(12(3)5-10)9-21-17-15(18)6-13(8-20)7-16(17)19/h4-7,20H,8-9H2,1-3H3. The number of hydrogen-bond acceptors (Lipinski definition) is 2. The normalized spacial score (nSPS) is 10.8. The lowest BCUT2D eigenvalue weighted by molar-refractivity contribution is 0.265. The van der Waals surface area contributed by atoms with Gasteiger partial charge in [0.25, 0.3) is 0 Å². The van der Waals surface area contributed by atoms with Crippen LogP contribution in [0.3, 0.4) is 0 Å². The fourth-order valence-corrected chi connectivity index (χ4v) is 2.42. The molecule has 4 heteroatoms. The maximum absolute atomic E-state index is 13.8. The number of aliphatic hydroxyl groups is 1. The van der Waals surface area contributed by atoms with Gasteiger partial charge in [0.05, 0.1) is 6.61 Å². The molecule has 112 valence electrons. The van der Waals surface area contributed by atoms with Crippen molar-refractivity contribution in [1.29, 1.82) is 0 Å². The minimum atomic E-state index is -0.804. The van der Waals surface area contributed by atoms with E-state index in [1.54, 1.807) is 0 Å². The highest BCUT2D eigenvalue weighted by atomic mass is 19.1. The first-order valence-corrected chi connectivity index (χ1v) is 6.70. The molecule has 0 heterocycles. The third-order valence-corrected chi connectivity index (χ3v) is 3.44. The molecule has 0 aliphatic heterocycles. The van der Waals surface area contributed by atoms with Crippen LogP contribution in [-0.2, 0) is 13.2 Å². The Kier molecular flexibility index (Phi) is 4.58. The van der Waals surface area contributed by atoms with E-state index in [-0.39, 0.29) is 12.2 Å². The molecule has 0 spiro atoms. The zero-order valence-corrected chi connectivity index (χ0v) is 12.3. The number of halogens is 2. The summed E-state index contributed by atoms with van der Waals surface area (Å²) in [4.78, 5) is 0. The Labute approximate surface area is 123 Å². The Hall–Kier alpha value is -1.94. The third-order valence-electron chi connectivity index (χ3n) is 3.44. The first-order valence-electron chi connectivity index (χ1n) is 6.70. The molecule has 0 atom stereocenters. The summed E-state index contributed by atoms with van der Waals surface area (Å²) in [7, 11) is 0. The van der Waals surface area contributed by atoms with Crippen molar-refractivity contribution < 1.29 is 18.6 Å². The lowest BCUT2D eigenvalue weighted by Crippen LogP contribution is -2.04. The zero-order valence-electron chi connectivity index (χ0n) is 12.3. The second-order valence-electron chi connectivity index (χ2n) is 5.21. The monoisotopic (exact) mass is 292 g/mol. The molecule has 2 aromatic carbocycles. The summed E-state index contributed by atoms with van der Waals surface area (Å²) in [5, 5.41) is 8.91. The van der Waals surface area contributed by atoms with E-state index in [0.29, 0.717) is 0 Å². The van der Waals surface area contributed by atoms with Gasteiger partial charge in [0.15, 0.2) is 17.4 Å². The summed E-state index contributed by atoms with van der Waals surface area (Å²) in [6, 6.07) is 6.17. The zero-order chi connectivity index (χ0) is 15.6. The fourth-order valence-electron chi connectivity index (χ4n) is 2.42. The number of aliphatic hydroxyl groups excluding tert-OH is 1. The van der Waals surface area contributed by atoms with Crippen molar-refractivity contribution in [2.24, 2.45) is 0 Å². The molecule has 2 rings (SSSR count). The quantitative estimate of drug-likeness (QED) is 0.924. The van der Waals surface area contributed by atoms with Crippen LogP contribution in [0, 0.1) is 32.4 Å². The van der Waals surface area contributed by atoms with Gasteiger partial charge in [-0.05, 0) is 55.2 Å². The summed E-state index contributed by atoms with van der Waals surface area (Å²) in [6.07, 6.45) is 0. The molecule has 0 unspecified atom stereocenters. The fraction of sp³-hybridized carbons (Fsp3) is 0.294. The maximum atomic E-state index is 13.8. The summed E-state index contributed by atoms with van der Waals surface area (Å²) in [5.41, 5.74) is 4.30. The van der Waals surface area contributed by atoms with Crippen molar-refractivity contribution in [3.63, 3.8) is 0 Å². The molecule has 2 nitrogen and oxygen atoms in total. The summed E-state index contributed by atoms with van der Waals surface area (Å²) in [5.74, 6) is -2.02. The molecule has 0 aromatic heterocycles. The van der Waals surface area contributed by atoms with Gasteiger partial charge in [-0.15, -0.1) is 0 Å². The van der Waals surface area contributed by atoms with Crippen LogP contribution in [-0.4, -0.2) is 5.11 Å². The highest BCUT2D eigenvalue weighted by Gasteiger charge is 2.14. The summed E-state index contributed by atoms with van der Waals surface area (Å²) in [6.45, 7) is 5.58. The molecule has 2 aromatic rings. The Morgan fingerprint density at radius 2 is 1.48 bits per heavy atom. The van der Waals surface area contributed by atoms with Crippen molar-refractivity contribution in [3.8, 4) is 5.75 Å². The second-order valence-corrected chi connectivity index (χ2v) is 5.21. The average Bonchev–Trinajstić information content (AvgIpc) is 2.39. The van der Waals surface area contributed by atoms with Crippen LogP contribution < -0.4 is 4.74 Å². The molecule has 0 amide bonds. The van der Waals surface area contributed by atoms with Crippen LogP contribution in [0.5, 0.6) is 5.75 Å². The van der Waals surface area contributed by atoms with Crippen molar-refractivity contribution in [3.05, 3.63) is 63.7 Å². The van der Waals surface area contributed by atoms with Crippen molar-refractivity contribution >= 4 is 0 Å². The number of rotatable bonds is 4. The van der Waals surface area contributed by atoms with Crippen molar-refractivity contribution in [2.75, 3.05) is 0 Å². The van der Waals surface area contributed by atoms with E-state index in [4.69, 9.17) is 9.84 Å². The molecule has 0 fully saturated rings. The topological polar surface area (TPSA) is 29.5 Å². The van der Waals surface area contributed by atoms with Gasteiger partial charge >= 0.3 is 0 Å². The molecule has 0 saturated heterocycles. The highest BCUT2D eigenvalue weighted by molar-refractivity contribution is 5.38. The van der Waals surface area contributed by atoms with Crippen LogP contribution in [0.2, 0.25) is 0 Å². The number of hydrogen-bond donors (Lipinski definition) is 1. The van der Waals surface area contributed by atoms with Gasteiger partial charge in [-0.1, -0.05) is 17.7 Å². The van der Waals surface area contributed by atoms with Crippen molar-refractivity contribution in [2.45, 2.75) is 34.0 Å². The molecule has 0 aliphatic carbocycles. The van der Waals surface area contributed by atoms with E-state index >= 15 is 0 Å². The first kappa shape index (κ1) is 15.4. The largest absolute Gasteiger partial charge is 0.483 e. The minimum Gasteiger partial charge on any atom is -0.483 e. The predicted octanol–water partition coefficient (Wildman–Crippen LogP) is 3.96. The Balaban J connectivity index is 2.25. The van der Waals surface area contributed by atoms with Crippen LogP contribution in [0.1, 0.15) is 27.8 Å². The predicted molar refractivity (Wildman–Crippen MR) is 77.3 cm³/mol. The number of benzene rings is 2. The lowest BCUT2D eigenvalue weighted by atomic mass is 10.0. The van der Waals surface area contributed by atoms with Gasteiger partial charge in [0.2, 0.25) is 0 Å². The maximum Gasteiger partial charge on any atom is 0.191 e. The van der Waals surface area contributed by atoms with E-state index in [1.165, 1.54) is 0 Å². The molecule has 0 radical (unpaired) electrons. The Morgan fingerprint density at radius 1 is 0.952 bits per heavy atom.